The Kier molecular flexibility index (Phi) is 6.60. The molecule has 0 heterocycles. The molecule has 0 spiro atoms. The average Bonchev–Trinajstić information content (AvgIpc) is 2.05. The van der Waals surface area contributed by atoms with Crippen LogP contribution in [-0.4, -0.2) is 12.7 Å². The van der Waals surface area contributed by atoms with Crippen LogP contribution in [0.1, 0.15) is 13.8 Å². The molecule has 0 saturated carbocycles. The minimum atomic E-state index is -2.08. The third-order valence-electron chi connectivity index (χ3n) is 0.991. The van der Waals surface area contributed by atoms with Crippen LogP contribution in [0.5, 0.6) is 0 Å². The SMILES string of the molecule is C#CC(C)O[P+](=O)OCC=CC. The van der Waals surface area contributed by atoms with E-state index in [1.165, 1.54) is 0 Å². The van der Waals surface area contributed by atoms with Crippen LogP contribution in [0.15, 0.2) is 12.2 Å². The lowest BCUT2D eigenvalue weighted by Gasteiger charge is -1.90. The van der Waals surface area contributed by atoms with Crippen LogP contribution in [-0.2, 0) is 13.6 Å². The zero-order chi connectivity index (χ0) is 9.40. The van der Waals surface area contributed by atoms with Crippen molar-refractivity contribution in [3.63, 3.8) is 0 Å². The quantitative estimate of drug-likeness (QED) is 0.376. The van der Waals surface area contributed by atoms with Crippen LogP contribution in [0.3, 0.4) is 0 Å². The Morgan fingerprint density at radius 1 is 1.75 bits per heavy atom. The molecule has 0 amide bonds. The zero-order valence-electron chi connectivity index (χ0n) is 7.19. The Balaban J connectivity index is 3.54. The molecule has 66 valence electrons. The van der Waals surface area contributed by atoms with Crippen molar-refractivity contribution in [2.75, 3.05) is 6.61 Å². The summed E-state index contributed by atoms with van der Waals surface area (Å²) in [6.07, 6.45) is 8.06. The van der Waals surface area contributed by atoms with Crippen molar-refractivity contribution in [3.8, 4) is 12.3 Å². The van der Waals surface area contributed by atoms with Crippen LogP contribution in [0, 0.1) is 12.3 Å². The van der Waals surface area contributed by atoms with Crippen molar-refractivity contribution in [2.45, 2.75) is 20.0 Å². The first-order chi connectivity index (χ1) is 5.70. The van der Waals surface area contributed by atoms with E-state index in [9.17, 15) is 4.57 Å². The lowest BCUT2D eigenvalue weighted by atomic mass is 10.4. The molecule has 0 aromatic rings. The third kappa shape index (κ3) is 6.06. The molecule has 0 rings (SSSR count). The molecule has 0 aromatic carbocycles. The van der Waals surface area contributed by atoms with Gasteiger partial charge in [0.2, 0.25) is 0 Å². The van der Waals surface area contributed by atoms with Gasteiger partial charge in [-0.05, 0) is 13.8 Å². The molecular formula is C8H12O3P+. The Morgan fingerprint density at radius 2 is 2.42 bits per heavy atom. The van der Waals surface area contributed by atoms with Crippen molar-refractivity contribution in [1.29, 1.82) is 0 Å². The van der Waals surface area contributed by atoms with Crippen LogP contribution in [0.2, 0.25) is 0 Å². The largest absolute Gasteiger partial charge is 0.698 e. The first-order valence-corrected chi connectivity index (χ1v) is 4.64. The fourth-order valence-corrected chi connectivity index (χ4v) is 0.978. The summed E-state index contributed by atoms with van der Waals surface area (Å²) in [4.78, 5) is 0. The van der Waals surface area contributed by atoms with E-state index in [2.05, 4.69) is 5.92 Å². The topological polar surface area (TPSA) is 35.5 Å². The van der Waals surface area contributed by atoms with Gasteiger partial charge in [0, 0.05) is 4.57 Å². The highest BCUT2D eigenvalue weighted by Gasteiger charge is 2.22. The van der Waals surface area contributed by atoms with Gasteiger partial charge in [0.05, 0.1) is 0 Å². The van der Waals surface area contributed by atoms with Crippen molar-refractivity contribution in [2.24, 2.45) is 0 Å². The fraction of sp³-hybridized carbons (Fsp3) is 0.500. The van der Waals surface area contributed by atoms with Crippen LogP contribution in [0.25, 0.3) is 0 Å². The third-order valence-corrected chi connectivity index (χ3v) is 1.84. The van der Waals surface area contributed by atoms with Gasteiger partial charge in [-0.15, -0.1) is 15.5 Å². The molecule has 0 bridgehead atoms. The van der Waals surface area contributed by atoms with E-state index in [1.54, 1.807) is 19.1 Å². The predicted molar refractivity (Wildman–Crippen MR) is 47.8 cm³/mol. The Bertz CT molecular complexity index is 205. The van der Waals surface area contributed by atoms with E-state index in [0.717, 1.165) is 0 Å². The van der Waals surface area contributed by atoms with Crippen LogP contribution in [0.4, 0.5) is 0 Å². The van der Waals surface area contributed by atoms with Crippen LogP contribution >= 0.6 is 8.25 Å². The summed E-state index contributed by atoms with van der Waals surface area (Å²) in [7, 11) is -2.08. The minimum absolute atomic E-state index is 0.281. The van der Waals surface area contributed by atoms with Gasteiger partial charge in [-0.1, -0.05) is 18.1 Å². The number of terminal acetylenes is 1. The molecule has 2 atom stereocenters. The monoisotopic (exact) mass is 187 g/mol. The number of rotatable bonds is 5. The molecular weight excluding hydrogens is 175 g/mol. The molecule has 12 heavy (non-hydrogen) atoms. The second kappa shape index (κ2) is 7.00. The second-order valence-corrected chi connectivity index (χ2v) is 2.92. The molecule has 3 nitrogen and oxygen atoms in total. The summed E-state index contributed by atoms with van der Waals surface area (Å²) in [5.41, 5.74) is 0. The van der Waals surface area contributed by atoms with E-state index in [4.69, 9.17) is 15.5 Å². The van der Waals surface area contributed by atoms with Gasteiger partial charge in [-0.3, -0.25) is 0 Å². The number of hydrogen-bond acceptors (Lipinski definition) is 3. The molecule has 0 N–H and O–H groups in total. The highest BCUT2D eigenvalue weighted by molar-refractivity contribution is 7.33. The van der Waals surface area contributed by atoms with E-state index in [0.29, 0.717) is 0 Å². The van der Waals surface area contributed by atoms with E-state index < -0.39 is 14.4 Å². The standard InChI is InChI=1S/C8H12O3P/c1-4-6-7-10-12(9)11-8(3)5-2/h2,4,6,8H,7H2,1,3H3/q+1. The summed E-state index contributed by atoms with van der Waals surface area (Å²) in [6, 6.07) is 0. The highest BCUT2D eigenvalue weighted by atomic mass is 31.1. The lowest BCUT2D eigenvalue weighted by molar-refractivity contribution is 0.220. The van der Waals surface area contributed by atoms with Gasteiger partial charge in [0.1, 0.15) is 6.61 Å². The van der Waals surface area contributed by atoms with Crippen molar-refractivity contribution < 1.29 is 13.6 Å². The first kappa shape index (κ1) is 11.3. The molecule has 4 heteroatoms. The van der Waals surface area contributed by atoms with Gasteiger partial charge in [0.15, 0.2) is 6.10 Å². The van der Waals surface area contributed by atoms with Gasteiger partial charge in [-0.25, -0.2) is 0 Å². The second-order valence-electron chi connectivity index (χ2n) is 2.00. The number of allylic oxidation sites excluding steroid dienone is 1. The summed E-state index contributed by atoms with van der Waals surface area (Å²) in [5.74, 6) is 2.28. The predicted octanol–water partition coefficient (Wildman–Crippen LogP) is 2.27. The molecule has 0 aliphatic rings. The van der Waals surface area contributed by atoms with Crippen molar-refractivity contribution in [3.05, 3.63) is 12.2 Å². The maximum Gasteiger partial charge on any atom is 0.698 e. The van der Waals surface area contributed by atoms with Gasteiger partial charge in [0.25, 0.3) is 0 Å². The molecule has 0 aliphatic heterocycles. The average molecular weight is 187 g/mol. The molecule has 0 radical (unpaired) electrons. The first-order valence-electron chi connectivity index (χ1n) is 3.55. The van der Waals surface area contributed by atoms with Gasteiger partial charge < -0.3 is 0 Å². The lowest BCUT2D eigenvalue weighted by Crippen LogP contribution is -1.98. The van der Waals surface area contributed by atoms with E-state index in [1.807, 2.05) is 6.92 Å². The Hall–Kier alpha value is -0.680. The molecule has 0 saturated heterocycles. The molecule has 2 unspecified atom stereocenters. The summed E-state index contributed by atoms with van der Waals surface area (Å²) in [5, 5.41) is 0. The Morgan fingerprint density at radius 3 is 2.92 bits per heavy atom. The molecule has 0 aromatic heterocycles. The van der Waals surface area contributed by atoms with Crippen LogP contribution < -0.4 is 0 Å². The molecule has 0 fully saturated rings. The Labute approximate surface area is 73.7 Å². The fourth-order valence-electron chi connectivity index (χ4n) is 0.390. The van der Waals surface area contributed by atoms with Crippen molar-refractivity contribution in [1.82, 2.24) is 0 Å². The normalized spacial score (nSPS) is 14.2. The van der Waals surface area contributed by atoms with E-state index in [-0.39, 0.29) is 6.61 Å². The maximum absolute atomic E-state index is 10.9. The number of hydrogen-bond donors (Lipinski definition) is 0. The van der Waals surface area contributed by atoms with Crippen molar-refractivity contribution >= 4 is 8.25 Å². The van der Waals surface area contributed by atoms with Gasteiger partial charge >= 0.3 is 8.25 Å². The maximum atomic E-state index is 10.9. The zero-order valence-corrected chi connectivity index (χ0v) is 8.08. The highest BCUT2D eigenvalue weighted by Crippen LogP contribution is 2.25. The summed E-state index contributed by atoms with van der Waals surface area (Å²) < 4.78 is 20.4. The summed E-state index contributed by atoms with van der Waals surface area (Å²) >= 11 is 0. The van der Waals surface area contributed by atoms with E-state index >= 15 is 0 Å². The molecule has 0 aliphatic carbocycles. The smallest absolute Gasteiger partial charge is 0.117 e. The van der Waals surface area contributed by atoms with Gasteiger partial charge in [-0.2, -0.15) is 0 Å². The summed E-state index contributed by atoms with van der Waals surface area (Å²) in [6.45, 7) is 3.76. The minimum Gasteiger partial charge on any atom is -0.117 e.